The number of nitrogen functional groups attached to an aromatic ring is 1. The van der Waals surface area contributed by atoms with Crippen molar-refractivity contribution in [3.05, 3.63) is 51.5 Å². The number of halogens is 2. The molecule has 19 heavy (non-hydrogen) atoms. The van der Waals surface area contributed by atoms with Crippen molar-refractivity contribution in [1.82, 2.24) is 0 Å². The molecule has 0 radical (unpaired) electrons. The molecular weight excluding hydrogens is 330 g/mol. The van der Waals surface area contributed by atoms with E-state index in [1.165, 1.54) is 0 Å². The third-order valence-corrected chi connectivity index (χ3v) is 3.64. The van der Waals surface area contributed by atoms with Gasteiger partial charge < -0.3 is 15.2 Å². The second-order valence-electron chi connectivity index (χ2n) is 3.89. The molecule has 2 N–H and O–H groups in total. The van der Waals surface area contributed by atoms with E-state index in [2.05, 4.69) is 15.9 Å². The van der Waals surface area contributed by atoms with E-state index in [9.17, 15) is 0 Å². The van der Waals surface area contributed by atoms with E-state index >= 15 is 0 Å². The molecule has 0 aliphatic carbocycles. The summed E-state index contributed by atoms with van der Waals surface area (Å²) in [6.07, 6.45) is 0. The van der Waals surface area contributed by atoms with Crippen LogP contribution in [0, 0.1) is 0 Å². The van der Waals surface area contributed by atoms with Gasteiger partial charge in [0.05, 0.1) is 11.6 Å². The summed E-state index contributed by atoms with van der Waals surface area (Å²) in [6.45, 7) is 0.316. The lowest BCUT2D eigenvalue weighted by molar-refractivity contribution is 0.304. The fourth-order valence-electron chi connectivity index (χ4n) is 1.60. The normalized spacial score (nSPS) is 10.3. The molecule has 0 spiro atoms. The topological polar surface area (TPSA) is 44.5 Å². The van der Waals surface area contributed by atoms with Crippen LogP contribution in [0.25, 0.3) is 0 Å². The second kappa shape index (κ2) is 6.17. The molecule has 0 unspecified atom stereocenters. The smallest absolute Gasteiger partial charge is 0.134 e. The monoisotopic (exact) mass is 341 g/mol. The lowest BCUT2D eigenvalue weighted by Crippen LogP contribution is -2.01. The predicted octanol–water partition coefficient (Wildman–Crippen LogP) is 4.27. The van der Waals surface area contributed by atoms with Gasteiger partial charge in [-0.15, -0.1) is 0 Å². The number of nitrogens with two attached hydrogens (primary N) is 1. The molecule has 0 aromatic heterocycles. The Labute approximate surface area is 125 Å². The van der Waals surface area contributed by atoms with Crippen LogP contribution in [0.5, 0.6) is 11.5 Å². The number of anilines is 1. The Balaban J connectivity index is 2.15. The Bertz CT molecular complexity index is 569. The van der Waals surface area contributed by atoms with E-state index < -0.39 is 0 Å². The van der Waals surface area contributed by atoms with Crippen molar-refractivity contribution in [1.29, 1.82) is 0 Å². The summed E-state index contributed by atoms with van der Waals surface area (Å²) in [5.74, 6) is 1.47. The van der Waals surface area contributed by atoms with Crippen LogP contribution in [-0.2, 0) is 6.61 Å². The van der Waals surface area contributed by atoms with Crippen molar-refractivity contribution in [3.8, 4) is 11.5 Å². The quantitative estimate of drug-likeness (QED) is 0.844. The van der Waals surface area contributed by atoms with E-state index in [4.69, 9.17) is 26.8 Å². The Morgan fingerprint density at radius 1 is 1.26 bits per heavy atom. The summed E-state index contributed by atoms with van der Waals surface area (Å²) < 4.78 is 11.7. The number of rotatable bonds is 4. The van der Waals surface area contributed by atoms with E-state index in [1.807, 2.05) is 24.3 Å². The Morgan fingerprint density at radius 2 is 2.05 bits per heavy atom. The summed E-state index contributed by atoms with van der Waals surface area (Å²) in [4.78, 5) is 0. The van der Waals surface area contributed by atoms with Gasteiger partial charge in [-0.2, -0.15) is 0 Å². The zero-order valence-electron chi connectivity index (χ0n) is 10.3. The maximum Gasteiger partial charge on any atom is 0.134 e. The van der Waals surface area contributed by atoms with Gasteiger partial charge in [-0.1, -0.05) is 17.7 Å². The van der Waals surface area contributed by atoms with Gasteiger partial charge in [0, 0.05) is 16.3 Å². The van der Waals surface area contributed by atoms with Crippen LogP contribution in [0.3, 0.4) is 0 Å². The molecule has 5 heteroatoms. The third kappa shape index (κ3) is 3.33. The van der Waals surface area contributed by atoms with Crippen molar-refractivity contribution < 1.29 is 9.47 Å². The average Bonchev–Trinajstić information content (AvgIpc) is 2.39. The Kier molecular flexibility index (Phi) is 4.56. The molecule has 2 aromatic rings. The standard InChI is InChI=1S/C14H13BrClNO2/c1-18-9-5-6-14(11(15)7-9)19-8-10-12(16)3-2-4-13(10)17/h2-7H,8,17H2,1H3. The van der Waals surface area contributed by atoms with Crippen molar-refractivity contribution in [2.45, 2.75) is 6.61 Å². The molecule has 0 saturated heterocycles. The highest BCUT2D eigenvalue weighted by molar-refractivity contribution is 9.10. The highest BCUT2D eigenvalue weighted by atomic mass is 79.9. The minimum atomic E-state index is 0.316. The van der Waals surface area contributed by atoms with Gasteiger partial charge in [0.25, 0.3) is 0 Å². The first kappa shape index (κ1) is 14.0. The number of methoxy groups -OCH3 is 1. The fraction of sp³-hybridized carbons (Fsp3) is 0.143. The van der Waals surface area contributed by atoms with Crippen molar-refractivity contribution >= 4 is 33.2 Å². The molecule has 100 valence electrons. The Morgan fingerprint density at radius 3 is 2.68 bits per heavy atom. The maximum atomic E-state index is 6.09. The Hall–Kier alpha value is -1.39. The molecule has 0 aliphatic heterocycles. The first-order chi connectivity index (χ1) is 9.11. The highest BCUT2D eigenvalue weighted by Gasteiger charge is 2.08. The number of hydrogen-bond donors (Lipinski definition) is 1. The lowest BCUT2D eigenvalue weighted by atomic mass is 10.2. The van der Waals surface area contributed by atoms with Gasteiger partial charge in [-0.3, -0.25) is 0 Å². The molecule has 3 nitrogen and oxygen atoms in total. The van der Waals surface area contributed by atoms with Crippen molar-refractivity contribution in [3.63, 3.8) is 0 Å². The van der Waals surface area contributed by atoms with Crippen LogP contribution in [0.4, 0.5) is 5.69 Å². The van der Waals surface area contributed by atoms with Crippen LogP contribution in [0.1, 0.15) is 5.56 Å². The lowest BCUT2D eigenvalue weighted by Gasteiger charge is -2.12. The van der Waals surface area contributed by atoms with Gasteiger partial charge in [0.2, 0.25) is 0 Å². The van der Waals surface area contributed by atoms with Gasteiger partial charge in [-0.25, -0.2) is 0 Å². The van der Waals surface area contributed by atoms with Gasteiger partial charge in [-0.05, 0) is 46.3 Å². The molecule has 0 saturated carbocycles. The second-order valence-corrected chi connectivity index (χ2v) is 5.15. The van der Waals surface area contributed by atoms with Crippen LogP contribution < -0.4 is 15.2 Å². The number of benzene rings is 2. The average molecular weight is 343 g/mol. The molecule has 0 bridgehead atoms. The van der Waals surface area contributed by atoms with E-state index in [1.54, 1.807) is 19.2 Å². The first-order valence-electron chi connectivity index (χ1n) is 5.61. The summed E-state index contributed by atoms with van der Waals surface area (Å²) in [5, 5.41) is 0.602. The molecule has 0 aliphatic rings. The number of ether oxygens (including phenoxy) is 2. The first-order valence-corrected chi connectivity index (χ1v) is 6.78. The number of hydrogen-bond acceptors (Lipinski definition) is 3. The van der Waals surface area contributed by atoms with E-state index in [0.29, 0.717) is 23.1 Å². The molecule has 0 atom stereocenters. The van der Waals surface area contributed by atoms with Crippen LogP contribution >= 0.6 is 27.5 Å². The molecular formula is C14H13BrClNO2. The van der Waals surface area contributed by atoms with Crippen molar-refractivity contribution in [2.24, 2.45) is 0 Å². The minimum Gasteiger partial charge on any atom is -0.497 e. The fourth-order valence-corrected chi connectivity index (χ4v) is 2.31. The van der Waals surface area contributed by atoms with E-state index in [-0.39, 0.29) is 0 Å². The largest absolute Gasteiger partial charge is 0.497 e. The third-order valence-electron chi connectivity index (χ3n) is 2.67. The molecule has 0 heterocycles. The maximum absolute atomic E-state index is 6.09. The highest BCUT2D eigenvalue weighted by Crippen LogP contribution is 2.31. The zero-order chi connectivity index (χ0) is 13.8. The summed E-state index contributed by atoms with van der Waals surface area (Å²) in [7, 11) is 1.62. The minimum absolute atomic E-state index is 0.316. The van der Waals surface area contributed by atoms with Gasteiger partial charge >= 0.3 is 0 Å². The van der Waals surface area contributed by atoms with E-state index in [0.717, 1.165) is 15.8 Å². The molecule has 2 rings (SSSR count). The van der Waals surface area contributed by atoms with Crippen LogP contribution in [0.15, 0.2) is 40.9 Å². The van der Waals surface area contributed by atoms with Gasteiger partial charge in [0.15, 0.2) is 0 Å². The molecule has 0 amide bonds. The summed E-state index contributed by atoms with van der Waals surface area (Å²) in [6, 6.07) is 10.9. The summed E-state index contributed by atoms with van der Waals surface area (Å²) in [5.41, 5.74) is 7.28. The van der Waals surface area contributed by atoms with Gasteiger partial charge in [0.1, 0.15) is 18.1 Å². The molecule has 2 aromatic carbocycles. The zero-order valence-corrected chi connectivity index (χ0v) is 12.7. The van der Waals surface area contributed by atoms with Crippen LogP contribution in [-0.4, -0.2) is 7.11 Å². The molecule has 0 fully saturated rings. The SMILES string of the molecule is COc1ccc(OCc2c(N)cccc2Cl)c(Br)c1. The predicted molar refractivity (Wildman–Crippen MR) is 80.9 cm³/mol. The summed E-state index contributed by atoms with van der Waals surface area (Å²) >= 11 is 9.52. The van der Waals surface area contributed by atoms with Crippen molar-refractivity contribution in [2.75, 3.05) is 12.8 Å². The van der Waals surface area contributed by atoms with Crippen LogP contribution in [0.2, 0.25) is 5.02 Å².